The first-order valence-corrected chi connectivity index (χ1v) is 11.5. The Morgan fingerprint density at radius 2 is 1.82 bits per heavy atom. The summed E-state index contributed by atoms with van der Waals surface area (Å²) in [5.41, 5.74) is 2.54. The molecule has 0 N–H and O–H groups in total. The van der Waals surface area contributed by atoms with Crippen LogP contribution in [0.4, 0.5) is 0 Å². The van der Waals surface area contributed by atoms with E-state index < -0.39 is 0 Å². The third-order valence-corrected chi connectivity index (χ3v) is 6.20. The van der Waals surface area contributed by atoms with Crippen LogP contribution in [0.2, 0.25) is 0 Å². The third-order valence-electron chi connectivity index (χ3n) is 6.20. The van der Waals surface area contributed by atoms with Crippen molar-refractivity contribution in [2.24, 2.45) is 11.0 Å². The SMILES string of the molecule is COCCN(CC(=O)N1N=C(c2ccc(OC)cc2OC)C[C@@H]1c1ccccc1)C(=O)C1CC1. The normalized spacial score (nSPS) is 17.3. The number of benzene rings is 2. The number of hydrogen-bond acceptors (Lipinski definition) is 6. The Labute approximate surface area is 200 Å². The summed E-state index contributed by atoms with van der Waals surface area (Å²) in [5.74, 6) is 1.13. The largest absolute Gasteiger partial charge is 0.497 e. The van der Waals surface area contributed by atoms with Gasteiger partial charge in [0.15, 0.2) is 0 Å². The van der Waals surface area contributed by atoms with Gasteiger partial charge in [-0.1, -0.05) is 30.3 Å². The Bertz CT molecular complexity index is 1050. The Hall–Kier alpha value is -3.39. The minimum atomic E-state index is -0.268. The maximum absolute atomic E-state index is 13.5. The van der Waals surface area contributed by atoms with Crippen LogP contribution in [0.1, 0.15) is 36.4 Å². The van der Waals surface area contributed by atoms with Crippen LogP contribution in [0.15, 0.2) is 53.6 Å². The van der Waals surface area contributed by atoms with Crippen LogP contribution in [0.25, 0.3) is 0 Å². The number of methoxy groups -OCH3 is 3. The molecule has 0 radical (unpaired) electrons. The van der Waals surface area contributed by atoms with Gasteiger partial charge in [0.25, 0.3) is 5.91 Å². The molecular weight excluding hydrogens is 434 g/mol. The molecule has 1 fully saturated rings. The van der Waals surface area contributed by atoms with E-state index in [0.717, 1.165) is 29.7 Å². The molecule has 0 aromatic heterocycles. The Kier molecular flexibility index (Phi) is 7.47. The fraction of sp³-hybridized carbons (Fsp3) is 0.423. The minimum Gasteiger partial charge on any atom is -0.497 e. The number of ether oxygens (including phenoxy) is 3. The monoisotopic (exact) mass is 465 g/mol. The molecule has 2 aromatic carbocycles. The molecule has 1 aliphatic carbocycles. The molecule has 1 heterocycles. The summed E-state index contributed by atoms with van der Waals surface area (Å²) in [6.45, 7) is 0.730. The van der Waals surface area contributed by atoms with Crippen molar-refractivity contribution >= 4 is 17.5 Å². The standard InChI is InChI=1S/C26H31N3O5/c1-32-14-13-28(26(31)19-9-10-19)17-25(30)29-23(18-7-5-4-6-8-18)16-22(27-29)21-12-11-20(33-2)15-24(21)34-3/h4-8,11-12,15,19,23H,9-10,13-14,16-17H2,1-3H3/t23-/m1/s1. The van der Waals surface area contributed by atoms with Gasteiger partial charge in [0.05, 0.1) is 32.6 Å². The summed E-state index contributed by atoms with van der Waals surface area (Å²) >= 11 is 0. The second kappa shape index (κ2) is 10.7. The van der Waals surface area contributed by atoms with Gasteiger partial charge < -0.3 is 19.1 Å². The smallest absolute Gasteiger partial charge is 0.262 e. The fourth-order valence-electron chi connectivity index (χ4n) is 4.17. The van der Waals surface area contributed by atoms with Gasteiger partial charge in [0.2, 0.25) is 5.91 Å². The molecule has 1 saturated carbocycles. The number of carbonyl (C=O) groups excluding carboxylic acids is 2. The molecule has 4 rings (SSSR count). The molecule has 34 heavy (non-hydrogen) atoms. The Balaban J connectivity index is 1.63. The second-order valence-electron chi connectivity index (χ2n) is 8.51. The van der Waals surface area contributed by atoms with E-state index in [4.69, 9.17) is 19.3 Å². The van der Waals surface area contributed by atoms with E-state index in [1.54, 1.807) is 32.3 Å². The van der Waals surface area contributed by atoms with Crippen molar-refractivity contribution in [3.05, 3.63) is 59.7 Å². The predicted molar refractivity (Wildman–Crippen MR) is 128 cm³/mol. The van der Waals surface area contributed by atoms with Crippen molar-refractivity contribution in [2.75, 3.05) is 41.0 Å². The van der Waals surface area contributed by atoms with Crippen LogP contribution in [-0.2, 0) is 14.3 Å². The van der Waals surface area contributed by atoms with Crippen molar-refractivity contribution in [3.63, 3.8) is 0 Å². The molecular formula is C26H31N3O5. The van der Waals surface area contributed by atoms with Crippen LogP contribution >= 0.6 is 0 Å². The van der Waals surface area contributed by atoms with Crippen LogP contribution in [-0.4, -0.2) is 68.5 Å². The molecule has 0 unspecified atom stereocenters. The van der Waals surface area contributed by atoms with Gasteiger partial charge >= 0.3 is 0 Å². The van der Waals surface area contributed by atoms with E-state index in [1.165, 1.54) is 5.01 Å². The maximum atomic E-state index is 13.5. The quantitative estimate of drug-likeness (QED) is 0.538. The molecule has 8 nitrogen and oxygen atoms in total. The lowest BCUT2D eigenvalue weighted by Crippen LogP contribution is -2.43. The number of nitrogens with zero attached hydrogens (tertiary/aromatic N) is 3. The van der Waals surface area contributed by atoms with Gasteiger partial charge in [-0.25, -0.2) is 5.01 Å². The van der Waals surface area contributed by atoms with Gasteiger partial charge in [-0.3, -0.25) is 9.59 Å². The number of rotatable bonds is 10. The number of amides is 2. The van der Waals surface area contributed by atoms with E-state index >= 15 is 0 Å². The fourth-order valence-corrected chi connectivity index (χ4v) is 4.17. The molecule has 2 aromatic rings. The van der Waals surface area contributed by atoms with Crippen molar-refractivity contribution in [3.8, 4) is 11.5 Å². The van der Waals surface area contributed by atoms with Crippen molar-refractivity contribution in [2.45, 2.75) is 25.3 Å². The topological polar surface area (TPSA) is 80.7 Å². The van der Waals surface area contributed by atoms with Crippen LogP contribution in [0, 0.1) is 5.92 Å². The zero-order chi connectivity index (χ0) is 24.1. The third kappa shape index (κ3) is 5.22. The molecule has 1 aliphatic heterocycles. The second-order valence-corrected chi connectivity index (χ2v) is 8.51. The molecule has 2 amide bonds. The Morgan fingerprint density at radius 3 is 2.47 bits per heavy atom. The summed E-state index contributed by atoms with van der Waals surface area (Å²) in [6.07, 6.45) is 2.30. The molecule has 0 saturated heterocycles. The van der Waals surface area contributed by atoms with Gasteiger partial charge in [0.1, 0.15) is 18.0 Å². The number of carbonyl (C=O) groups is 2. The van der Waals surface area contributed by atoms with Crippen LogP contribution < -0.4 is 9.47 Å². The summed E-state index contributed by atoms with van der Waals surface area (Å²) < 4.78 is 16.1. The summed E-state index contributed by atoms with van der Waals surface area (Å²) in [5, 5.41) is 6.27. The number of hydrogen-bond donors (Lipinski definition) is 0. The maximum Gasteiger partial charge on any atom is 0.262 e. The summed E-state index contributed by atoms with van der Waals surface area (Å²) in [4.78, 5) is 27.9. The van der Waals surface area contributed by atoms with Gasteiger partial charge in [-0.15, -0.1) is 0 Å². The van der Waals surface area contributed by atoms with Gasteiger partial charge in [-0.2, -0.15) is 5.10 Å². The first-order chi connectivity index (χ1) is 16.5. The lowest BCUT2D eigenvalue weighted by atomic mass is 9.98. The van der Waals surface area contributed by atoms with Crippen molar-refractivity contribution < 1.29 is 23.8 Å². The highest BCUT2D eigenvalue weighted by molar-refractivity contribution is 6.05. The van der Waals surface area contributed by atoms with Crippen molar-refractivity contribution in [1.82, 2.24) is 9.91 Å². The highest BCUT2D eigenvalue weighted by Gasteiger charge is 2.38. The highest BCUT2D eigenvalue weighted by atomic mass is 16.5. The van der Waals surface area contributed by atoms with E-state index in [2.05, 4.69) is 0 Å². The van der Waals surface area contributed by atoms with E-state index in [1.807, 2.05) is 42.5 Å². The summed E-state index contributed by atoms with van der Waals surface area (Å²) in [7, 11) is 4.79. The van der Waals surface area contributed by atoms with E-state index in [0.29, 0.717) is 31.1 Å². The first-order valence-electron chi connectivity index (χ1n) is 11.5. The highest BCUT2D eigenvalue weighted by Crippen LogP contribution is 2.36. The molecule has 0 spiro atoms. The predicted octanol–water partition coefficient (Wildman–Crippen LogP) is 3.27. The molecule has 1 atom stereocenters. The lowest BCUT2D eigenvalue weighted by Gasteiger charge is -2.27. The van der Waals surface area contributed by atoms with Gasteiger partial charge in [0, 0.05) is 37.6 Å². The molecule has 0 bridgehead atoms. The zero-order valence-corrected chi connectivity index (χ0v) is 19.9. The average molecular weight is 466 g/mol. The zero-order valence-electron chi connectivity index (χ0n) is 19.9. The van der Waals surface area contributed by atoms with E-state index in [-0.39, 0.29) is 30.3 Å². The van der Waals surface area contributed by atoms with Gasteiger partial charge in [-0.05, 0) is 30.5 Å². The molecule has 2 aliphatic rings. The molecule has 8 heteroatoms. The average Bonchev–Trinajstić information content (AvgIpc) is 3.64. The Morgan fingerprint density at radius 1 is 1.06 bits per heavy atom. The van der Waals surface area contributed by atoms with E-state index in [9.17, 15) is 9.59 Å². The number of hydrazone groups is 1. The summed E-state index contributed by atoms with van der Waals surface area (Å²) in [6, 6.07) is 15.1. The lowest BCUT2D eigenvalue weighted by molar-refractivity contribution is -0.142. The van der Waals surface area contributed by atoms with Crippen molar-refractivity contribution in [1.29, 1.82) is 0 Å². The minimum absolute atomic E-state index is 0.0156. The molecule has 180 valence electrons. The van der Waals surface area contributed by atoms with Crippen LogP contribution in [0.3, 0.4) is 0 Å². The van der Waals surface area contributed by atoms with Crippen LogP contribution in [0.5, 0.6) is 11.5 Å². The first kappa shape index (κ1) is 23.8.